The number of fused-ring (bicyclic) bond motifs is 1. The Kier molecular flexibility index (Phi) is 4.07. The summed E-state index contributed by atoms with van der Waals surface area (Å²) in [6.07, 6.45) is 3.45. The van der Waals surface area contributed by atoms with Crippen LogP contribution in [-0.4, -0.2) is 36.9 Å². The van der Waals surface area contributed by atoms with E-state index in [4.69, 9.17) is 0 Å². The van der Waals surface area contributed by atoms with Gasteiger partial charge in [0.1, 0.15) is 5.39 Å². The number of piperidine rings is 1. The molecule has 1 aromatic carbocycles. The molecule has 0 radical (unpaired) electrons. The van der Waals surface area contributed by atoms with Crippen molar-refractivity contribution in [1.82, 2.24) is 25.1 Å². The van der Waals surface area contributed by atoms with E-state index in [0.717, 1.165) is 18.5 Å². The highest BCUT2D eigenvalue weighted by Crippen LogP contribution is 2.30. The third kappa shape index (κ3) is 3.60. The van der Waals surface area contributed by atoms with E-state index in [-0.39, 0.29) is 22.7 Å². The highest BCUT2D eigenvalue weighted by atomic mass is 16.1. The van der Waals surface area contributed by atoms with E-state index in [1.54, 1.807) is 10.9 Å². The minimum Gasteiger partial charge on any atom is -0.353 e. The van der Waals surface area contributed by atoms with Gasteiger partial charge < -0.3 is 10.6 Å². The Hall–Kier alpha value is -2.67. The minimum atomic E-state index is -0.183. The van der Waals surface area contributed by atoms with E-state index in [1.807, 2.05) is 30.3 Å². The van der Waals surface area contributed by atoms with Crippen LogP contribution in [0.2, 0.25) is 0 Å². The maximum Gasteiger partial charge on any atom is 0.263 e. The first kappa shape index (κ1) is 17.7. The highest BCUT2D eigenvalue weighted by molar-refractivity contribution is 5.76. The van der Waals surface area contributed by atoms with Gasteiger partial charge in [0.25, 0.3) is 5.56 Å². The lowest BCUT2D eigenvalue weighted by Gasteiger charge is -2.46. The quantitative estimate of drug-likeness (QED) is 0.663. The largest absolute Gasteiger partial charge is 0.353 e. The van der Waals surface area contributed by atoms with Gasteiger partial charge in [-0.3, -0.25) is 9.78 Å². The van der Waals surface area contributed by atoms with Crippen molar-refractivity contribution >= 4 is 17.0 Å². The normalized spacial score (nSPS) is 19.3. The monoisotopic (exact) mass is 366 g/mol. The number of anilines is 1. The zero-order valence-electron chi connectivity index (χ0n) is 16.2. The molecule has 0 aliphatic carbocycles. The summed E-state index contributed by atoms with van der Waals surface area (Å²) in [5.74, 6) is 0.490. The molecule has 1 fully saturated rings. The van der Waals surface area contributed by atoms with E-state index >= 15 is 0 Å². The molecule has 1 aliphatic heterocycles. The number of hydrogen-bond donors (Lipinski definition) is 3. The number of aromatic amines is 1. The molecule has 0 amide bonds. The van der Waals surface area contributed by atoms with Crippen LogP contribution in [0.5, 0.6) is 0 Å². The molecule has 1 aliphatic rings. The molecule has 27 heavy (non-hydrogen) atoms. The van der Waals surface area contributed by atoms with E-state index < -0.39 is 0 Å². The molecule has 7 nitrogen and oxygen atoms in total. The summed E-state index contributed by atoms with van der Waals surface area (Å²) in [5.41, 5.74) is 1.27. The zero-order valence-corrected chi connectivity index (χ0v) is 16.2. The van der Waals surface area contributed by atoms with Crippen LogP contribution < -0.4 is 16.2 Å². The molecule has 3 N–H and O–H groups in total. The lowest BCUT2D eigenvalue weighted by Crippen LogP contribution is -2.60. The summed E-state index contributed by atoms with van der Waals surface area (Å²) < 4.78 is 1.70. The Bertz CT molecular complexity index is 1000. The number of rotatable bonds is 3. The molecular weight excluding hydrogens is 340 g/mol. The predicted octanol–water partition coefficient (Wildman–Crippen LogP) is 2.83. The Morgan fingerprint density at radius 2 is 1.78 bits per heavy atom. The van der Waals surface area contributed by atoms with Crippen molar-refractivity contribution in [2.75, 3.05) is 5.32 Å². The second kappa shape index (κ2) is 6.20. The molecule has 0 saturated carbocycles. The Balaban J connectivity index is 1.70. The molecule has 0 spiro atoms. The molecule has 0 unspecified atom stereocenters. The Morgan fingerprint density at radius 3 is 2.44 bits per heavy atom. The Labute approximate surface area is 158 Å². The van der Waals surface area contributed by atoms with Crippen LogP contribution in [0.3, 0.4) is 0 Å². The summed E-state index contributed by atoms with van der Waals surface area (Å²) in [7, 11) is 0. The van der Waals surface area contributed by atoms with Gasteiger partial charge in [-0.05, 0) is 52.7 Å². The van der Waals surface area contributed by atoms with Crippen molar-refractivity contribution in [3.8, 4) is 5.69 Å². The first-order chi connectivity index (χ1) is 12.7. The van der Waals surface area contributed by atoms with Crippen molar-refractivity contribution < 1.29 is 0 Å². The van der Waals surface area contributed by atoms with Crippen LogP contribution in [0.25, 0.3) is 16.7 Å². The molecular formula is C20H26N6O. The third-order valence-electron chi connectivity index (χ3n) is 4.97. The molecule has 3 heterocycles. The number of hydrogen-bond acceptors (Lipinski definition) is 5. The Morgan fingerprint density at radius 1 is 1.11 bits per heavy atom. The van der Waals surface area contributed by atoms with Gasteiger partial charge in [-0.2, -0.15) is 10.1 Å². The van der Waals surface area contributed by atoms with Crippen molar-refractivity contribution in [3.05, 3.63) is 46.9 Å². The molecule has 2 aromatic heterocycles. The van der Waals surface area contributed by atoms with Gasteiger partial charge in [-0.1, -0.05) is 18.2 Å². The summed E-state index contributed by atoms with van der Waals surface area (Å²) >= 11 is 0. The summed E-state index contributed by atoms with van der Waals surface area (Å²) in [4.78, 5) is 20.1. The summed E-state index contributed by atoms with van der Waals surface area (Å²) in [6.45, 7) is 8.80. The average molecular weight is 366 g/mol. The van der Waals surface area contributed by atoms with Gasteiger partial charge in [-0.15, -0.1) is 0 Å². The molecule has 4 rings (SSSR count). The van der Waals surface area contributed by atoms with Gasteiger partial charge in [0.2, 0.25) is 5.95 Å². The van der Waals surface area contributed by atoms with Crippen molar-refractivity contribution in [2.24, 2.45) is 0 Å². The highest BCUT2D eigenvalue weighted by Gasteiger charge is 2.37. The van der Waals surface area contributed by atoms with Gasteiger partial charge in [-0.25, -0.2) is 4.68 Å². The van der Waals surface area contributed by atoms with E-state index in [9.17, 15) is 4.79 Å². The maximum atomic E-state index is 12.5. The molecule has 7 heteroatoms. The van der Waals surface area contributed by atoms with Crippen LogP contribution in [0.1, 0.15) is 40.5 Å². The number of nitrogens with one attached hydrogen (secondary N) is 3. The van der Waals surface area contributed by atoms with Crippen LogP contribution in [0, 0.1) is 0 Å². The number of aromatic nitrogens is 4. The standard InChI is InChI=1S/C20H26N6O/c1-19(2)10-13(11-20(3,4)25-19)22-18-23-16-15(17(27)24-18)12-21-26(16)14-8-6-5-7-9-14/h5-9,12-13,25H,10-11H2,1-4H3,(H2,22,23,24,27). The minimum absolute atomic E-state index is 0.00955. The van der Waals surface area contributed by atoms with Crippen molar-refractivity contribution in [2.45, 2.75) is 57.7 Å². The van der Waals surface area contributed by atoms with Gasteiger partial charge >= 0.3 is 0 Å². The first-order valence-electron chi connectivity index (χ1n) is 9.32. The smallest absolute Gasteiger partial charge is 0.263 e. The van der Waals surface area contributed by atoms with Gasteiger partial charge in [0.05, 0.1) is 11.9 Å². The van der Waals surface area contributed by atoms with E-state index in [2.05, 4.69) is 53.4 Å². The summed E-state index contributed by atoms with van der Waals surface area (Å²) in [6, 6.07) is 9.93. The maximum absolute atomic E-state index is 12.5. The second-order valence-corrected chi connectivity index (χ2v) is 8.69. The molecule has 142 valence electrons. The van der Waals surface area contributed by atoms with Gasteiger partial charge in [0, 0.05) is 17.1 Å². The number of nitrogens with zero attached hydrogens (tertiary/aromatic N) is 3. The average Bonchev–Trinajstić information content (AvgIpc) is 2.97. The van der Waals surface area contributed by atoms with Crippen LogP contribution in [0.15, 0.2) is 41.3 Å². The van der Waals surface area contributed by atoms with Crippen LogP contribution in [-0.2, 0) is 0 Å². The number of H-pyrrole nitrogens is 1. The van der Waals surface area contributed by atoms with E-state index in [1.165, 1.54) is 0 Å². The number of benzene rings is 1. The fourth-order valence-electron chi connectivity index (χ4n) is 4.36. The fraction of sp³-hybridized carbons (Fsp3) is 0.450. The molecule has 3 aromatic rings. The lowest BCUT2D eigenvalue weighted by atomic mass is 9.80. The zero-order chi connectivity index (χ0) is 19.2. The fourth-order valence-corrected chi connectivity index (χ4v) is 4.36. The van der Waals surface area contributed by atoms with Crippen molar-refractivity contribution in [3.63, 3.8) is 0 Å². The third-order valence-corrected chi connectivity index (χ3v) is 4.97. The van der Waals surface area contributed by atoms with E-state index in [0.29, 0.717) is 17.0 Å². The van der Waals surface area contributed by atoms with Crippen molar-refractivity contribution in [1.29, 1.82) is 0 Å². The second-order valence-electron chi connectivity index (χ2n) is 8.69. The first-order valence-corrected chi connectivity index (χ1v) is 9.32. The number of para-hydroxylation sites is 1. The van der Waals surface area contributed by atoms with Crippen LogP contribution in [0.4, 0.5) is 5.95 Å². The molecule has 1 saturated heterocycles. The molecule has 0 atom stereocenters. The van der Waals surface area contributed by atoms with Gasteiger partial charge in [0.15, 0.2) is 5.65 Å². The van der Waals surface area contributed by atoms with Crippen LogP contribution >= 0.6 is 0 Å². The topological polar surface area (TPSA) is 87.6 Å². The predicted molar refractivity (Wildman–Crippen MR) is 107 cm³/mol. The SMILES string of the molecule is CC1(C)CC(Nc2nc3c(cnn3-c3ccccc3)c(=O)[nH]2)CC(C)(C)N1. The summed E-state index contributed by atoms with van der Waals surface area (Å²) in [5, 5.41) is 12.0. The molecule has 0 bridgehead atoms. The lowest BCUT2D eigenvalue weighted by molar-refractivity contribution is 0.170.